The molecule has 0 aliphatic carbocycles. The Hall–Kier alpha value is -2.54. The van der Waals surface area contributed by atoms with E-state index in [4.69, 9.17) is 14.5 Å². The largest absolute Gasteiger partial charge is 0.453 e. The summed E-state index contributed by atoms with van der Waals surface area (Å²) in [6.07, 6.45) is -0.291. The predicted octanol–water partition coefficient (Wildman–Crippen LogP) is 2.28. The van der Waals surface area contributed by atoms with Crippen molar-refractivity contribution in [1.82, 2.24) is 14.5 Å². The number of carbonyl (C=O) groups excluding carboxylic acids is 1. The minimum absolute atomic E-state index is 0.291. The number of anilines is 1. The third-order valence-electron chi connectivity index (χ3n) is 5.04. The molecular formula is C19H24N4O3. The molecule has 4 rings (SSSR count). The molecule has 26 heavy (non-hydrogen) atoms. The lowest BCUT2D eigenvalue weighted by Gasteiger charge is -2.32. The van der Waals surface area contributed by atoms with Crippen LogP contribution < -0.4 is 4.90 Å². The van der Waals surface area contributed by atoms with Crippen LogP contribution in [0.15, 0.2) is 24.3 Å². The van der Waals surface area contributed by atoms with Crippen LogP contribution in [-0.2, 0) is 22.6 Å². The molecule has 7 heteroatoms. The van der Waals surface area contributed by atoms with Crippen LogP contribution in [0.2, 0.25) is 0 Å². The summed E-state index contributed by atoms with van der Waals surface area (Å²) in [6.45, 7) is 7.04. The van der Waals surface area contributed by atoms with Crippen molar-refractivity contribution < 1.29 is 14.3 Å². The van der Waals surface area contributed by atoms with Crippen molar-refractivity contribution in [1.29, 1.82) is 0 Å². The molecule has 1 fully saturated rings. The fraction of sp³-hybridized carbons (Fsp3) is 0.474. The molecule has 7 nitrogen and oxygen atoms in total. The van der Waals surface area contributed by atoms with Crippen LogP contribution in [0.5, 0.6) is 0 Å². The number of aromatic nitrogens is 2. The van der Waals surface area contributed by atoms with Crippen LogP contribution >= 0.6 is 0 Å². The van der Waals surface area contributed by atoms with Gasteiger partial charge in [-0.1, -0.05) is 29.8 Å². The smallest absolute Gasteiger partial charge is 0.409 e. The van der Waals surface area contributed by atoms with Gasteiger partial charge in [-0.05, 0) is 6.92 Å². The standard InChI is InChI=1S/C19H24N4O3/c1-14-3-5-15(6-4-14)17-16-13-22(19(24)25-2)7-8-23(16)18(20-17)21-9-11-26-12-10-21/h3-6H,7-13H2,1-2H3. The first kappa shape index (κ1) is 16.9. The summed E-state index contributed by atoms with van der Waals surface area (Å²) in [4.78, 5) is 21.0. The molecule has 0 radical (unpaired) electrons. The van der Waals surface area contributed by atoms with Crippen molar-refractivity contribution in [2.75, 3.05) is 44.9 Å². The van der Waals surface area contributed by atoms with Crippen LogP contribution in [0, 0.1) is 6.92 Å². The number of fused-ring (bicyclic) bond motifs is 1. The quantitative estimate of drug-likeness (QED) is 0.826. The van der Waals surface area contributed by atoms with Crippen molar-refractivity contribution in [3.8, 4) is 11.3 Å². The van der Waals surface area contributed by atoms with Gasteiger partial charge in [-0.15, -0.1) is 0 Å². The number of hydrogen-bond donors (Lipinski definition) is 0. The van der Waals surface area contributed by atoms with Gasteiger partial charge in [-0.25, -0.2) is 9.78 Å². The molecule has 1 aromatic carbocycles. The van der Waals surface area contributed by atoms with E-state index in [0.29, 0.717) is 13.1 Å². The Morgan fingerprint density at radius 2 is 1.85 bits per heavy atom. The lowest BCUT2D eigenvalue weighted by molar-refractivity contribution is 0.111. The van der Waals surface area contributed by atoms with E-state index in [1.807, 2.05) is 0 Å². The number of imidazole rings is 1. The first-order valence-corrected chi connectivity index (χ1v) is 8.99. The first-order chi connectivity index (χ1) is 12.7. The van der Waals surface area contributed by atoms with Crippen molar-refractivity contribution in [2.45, 2.75) is 20.0 Å². The van der Waals surface area contributed by atoms with Crippen LogP contribution in [0.1, 0.15) is 11.3 Å². The maximum atomic E-state index is 12.0. The van der Waals surface area contributed by atoms with Gasteiger partial charge in [0.15, 0.2) is 0 Å². The molecular weight excluding hydrogens is 332 g/mol. The maximum Gasteiger partial charge on any atom is 0.409 e. The average molecular weight is 356 g/mol. The number of ether oxygens (including phenoxy) is 2. The van der Waals surface area contributed by atoms with Gasteiger partial charge in [0.1, 0.15) is 0 Å². The van der Waals surface area contributed by atoms with E-state index in [0.717, 1.165) is 55.7 Å². The van der Waals surface area contributed by atoms with Gasteiger partial charge in [0.25, 0.3) is 0 Å². The van der Waals surface area contributed by atoms with E-state index in [-0.39, 0.29) is 6.09 Å². The number of benzene rings is 1. The fourth-order valence-corrected chi connectivity index (χ4v) is 3.58. The highest BCUT2D eigenvalue weighted by Gasteiger charge is 2.30. The van der Waals surface area contributed by atoms with Gasteiger partial charge >= 0.3 is 6.09 Å². The highest BCUT2D eigenvalue weighted by atomic mass is 16.5. The molecule has 1 aromatic heterocycles. The second kappa shape index (κ2) is 6.99. The topological polar surface area (TPSA) is 59.8 Å². The molecule has 2 aromatic rings. The monoisotopic (exact) mass is 356 g/mol. The molecule has 0 bridgehead atoms. The zero-order valence-corrected chi connectivity index (χ0v) is 15.3. The number of nitrogens with zero attached hydrogens (tertiary/aromatic N) is 4. The minimum Gasteiger partial charge on any atom is -0.453 e. The second-order valence-corrected chi connectivity index (χ2v) is 6.72. The van der Waals surface area contributed by atoms with Crippen molar-refractivity contribution in [3.63, 3.8) is 0 Å². The summed E-state index contributed by atoms with van der Waals surface area (Å²) >= 11 is 0. The summed E-state index contributed by atoms with van der Waals surface area (Å²) < 4.78 is 12.7. The van der Waals surface area contributed by atoms with Crippen molar-refractivity contribution >= 4 is 12.0 Å². The lowest BCUT2D eigenvalue weighted by atomic mass is 10.1. The Bertz CT molecular complexity index is 794. The molecule has 2 aliphatic heterocycles. The first-order valence-electron chi connectivity index (χ1n) is 8.99. The third-order valence-corrected chi connectivity index (χ3v) is 5.04. The summed E-state index contributed by atoms with van der Waals surface area (Å²) in [5, 5.41) is 0. The second-order valence-electron chi connectivity index (χ2n) is 6.72. The van der Waals surface area contributed by atoms with Crippen molar-refractivity contribution in [3.05, 3.63) is 35.5 Å². The Morgan fingerprint density at radius 3 is 2.54 bits per heavy atom. The van der Waals surface area contributed by atoms with Crippen LogP contribution in [-0.4, -0.2) is 60.5 Å². The molecule has 0 spiro atoms. The molecule has 2 aliphatic rings. The SMILES string of the molecule is COC(=O)N1CCn2c(N3CCOCC3)nc(-c3ccc(C)cc3)c2C1. The average Bonchev–Trinajstić information content (AvgIpc) is 3.07. The van der Waals surface area contributed by atoms with E-state index in [9.17, 15) is 4.79 Å². The molecule has 1 amide bonds. The fourth-order valence-electron chi connectivity index (χ4n) is 3.58. The van der Waals surface area contributed by atoms with Crippen LogP contribution in [0.4, 0.5) is 10.7 Å². The lowest BCUT2D eigenvalue weighted by Crippen LogP contribution is -2.41. The highest BCUT2D eigenvalue weighted by Crippen LogP contribution is 2.32. The van der Waals surface area contributed by atoms with Gasteiger partial charge in [0.05, 0.1) is 38.3 Å². The number of methoxy groups -OCH3 is 1. The number of aryl methyl sites for hydroxylation is 1. The summed E-state index contributed by atoms with van der Waals surface area (Å²) in [5.41, 5.74) is 4.30. The molecule has 0 saturated carbocycles. The molecule has 0 unspecified atom stereocenters. The molecule has 0 N–H and O–H groups in total. The van der Waals surface area contributed by atoms with E-state index in [2.05, 4.69) is 40.7 Å². The number of amides is 1. The van der Waals surface area contributed by atoms with Crippen LogP contribution in [0.25, 0.3) is 11.3 Å². The molecule has 138 valence electrons. The van der Waals surface area contributed by atoms with Crippen molar-refractivity contribution in [2.24, 2.45) is 0 Å². The zero-order valence-electron chi connectivity index (χ0n) is 15.3. The van der Waals surface area contributed by atoms with E-state index in [1.54, 1.807) is 4.90 Å². The van der Waals surface area contributed by atoms with Gasteiger partial charge in [-0.3, -0.25) is 0 Å². The molecule has 3 heterocycles. The maximum absolute atomic E-state index is 12.0. The Labute approximate surface area is 153 Å². The number of morpholine rings is 1. The van der Waals surface area contributed by atoms with Gasteiger partial charge < -0.3 is 23.8 Å². The van der Waals surface area contributed by atoms with E-state index >= 15 is 0 Å². The Kier molecular flexibility index (Phi) is 4.55. The number of carbonyl (C=O) groups is 1. The van der Waals surface area contributed by atoms with Gasteiger partial charge in [0.2, 0.25) is 5.95 Å². The Balaban J connectivity index is 1.76. The van der Waals surface area contributed by atoms with Crippen LogP contribution in [0.3, 0.4) is 0 Å². The predicted molar refractivity (Wildman–Crippen MR) is 98.2 cm³/mol. The Morgan fingerprint density at radius 1 is 1.12 bits per heavy atom. The molecule has 0 atom stereocenters. The minimum atomic E-state index is -0.291. The van der Waals surface area contributed by atoms with Gasteiger partial charge in [-0.2, -0.15) is 0 Å². The van der Waals surface area contributed by atoms with E-state index in [1.165, 1.54) is 12.7 Å². The third kappa shape index (κ3) is 3.03. The highest BCUT2D eigenvalue weighted by molar-refractivity contribution is 5.70. The summed E-state index contributed by atoms with van der Waals surface area (Å²) in [5.74, 6) is 0.975. The van der Waals surface area contributed by atoms with Gasteiger partial charge in [0, 0.05) is 31.7 Å². The summed E-state index contributed by atoms with van der Waals surface area (Å²) in [6, 6.07) is 8.38. The number of hydrogen-bond acceptors (Lipinski definition) is 5. The normalized spacial score (nSPS) is 17.2. The summed E-state index contributed by atoms with van der Waals surface area (Å²) in [7, 11) is 1.42. The molecule has 1 saturated heterocycles. The van der Waals surface area contributed by atoms with E-state index < -0.39 is 0 Å². The zero-order chi connectivity index (χ0) is 18.1. The number of rotatable bonds is 2.